The molecule has 126 valence electrons. The van der Waals surface area contributed by atoms with E-state index in [2.05, 4.69) is 0 Å². The Balaban J connectivity index is 1.96. The zero-order valence-corrected chi connectivity index (χ0v) is 14.3. The van der Waals surface area contributed by atoms with Gasteiger partial charge in [-0.25, -0.2) is 0 Å². The molecule has 1 fully saturated rings. The molecule has 2 aromatic rings. The molecule has 3 rings (SSSR count). The Bertz CT molecular complexity index is 746. The van der Waals surface area contributed by atoms with Crippen molar-refractivity contribution in [2.45, 2.75) is 16.4 Å². The first-order valence-electron chi connectivity index (χ1n) is 7.15. The molecule has 0 bridgehead atoms. The first-order valence-corrected chi connectivity index (χ1v) is 9.42. The minimum atomic E-state index is -4.43. The topological polar surface area (TPSA) is 20.3 Å². The van der Waals surface area contributed by atoms with Crippen LogP contribution in [-0.2, 0) is 11.0 Å². The van der Waals surface area contributed by atoms with Gasteiger partial charge in [0.25, 0.3) is 0 Å². The highest BCUT2D eigenvalue weighted by molar-refractivity contribution is 8.00. The van der Waals surface area contributed by atoms with Crippen LogP contribution < -0.4 is 4.90 Å². The number of benzene rings is 2. The van der Waals surface area contributed by atoms with Crippen LogP contribution in [-0.4, -0.2) is 17.9 Å². The lowest BCUT2D eigenvalue weighted by Gasteiger charge is -2.25. The van der Waals surface area contributed by atoms with Crippen LogP contribution in [0.1, 0.15) is 16.5 Å². The zero-order valence-electron chi connectivity index (χ0n) is 12.7. The molecule has 0 radical (unpaired) electrons. The highest BCUT2D eigenvalue weighted by atomic mass is 32.2. The molecule has 0 N–H and O–H groups in total. The minimum absolute atomic E-state index is 0.182. The molecule has 1 heterocycles. The number of anilines is 1. The number of halogens is 3. The number of hydrogen-bond donors (Lipinski definition) is 0. The van der Waals surface area contributed by atoms with E-state index in [0.29, 0.717) is 0 Å². The maximum atomic E-state index is 12.9. The van der Waals surface area contributed by atoms with Crippen molar-refractivity contribution in [2.75, 3.05) is 16.9 Å². The molecule has 1 aliphatic heterocycles. The van der Waals surface area contributed by atoms with E-state index in [1.165, 1.54) is 22.7 Å². The second-order valence-corrected chi connectivity index (χ2v) is 7.20. The molecule has 1 atom stereocenters. The van der Waals surface area contributed by atoms with Crippen molar-refractivity contribution < 1.29 is 18.0 Å². The standard InChI is InChI=1S/C17H14F3NOS2/c1-23-14-7-5-11(6-8-14)16-21(15(22)10-24-16)13-4-2-3-12(9-13)17(18,19)20/h2-9,16H,10H2,1H3. The first kappa shape index (κ1) is 17.2. The van der Waals surface area contributed by atoms with Gasteiger partial charge in [-0.1, -0.05) is 18.2 Å². The van der Waals surface area contributed by atoms with Crippen molar-refractivity contribution in [1.82, 2.24) is 0 Å². The quantitative estimate of drug-likeness (QED) is 0.693. The molecule has 1 amide bonds. The second-order valence-electron chi connectivity index (χ2n) is 5.25. The van der Waals surface area contributed by atoms with Crippen molar-refractivity contribution in [2.24, 2.45) is 0 Å². The Morgan fingerprint density at radius 3 is 2.50 bits per heavy atom. The van der Waals surface area contributed by atoms with Gasteiger partial charge in [0.05, 0.1) is 11.3 Å². The van der Waals surface area contributed by atoms with E-state index in [4.69, 9.17) is 0 Å². The molecule has 0 aliphatic carbocycles. The van der Waals surface area contributed by atoms with Gasteiger partial charge in [-0.05, 0) is 42.2 Å². The lowest BCUT2D eigenvalue weighted by molar-refractivity contribution is -0.137. The molecule has 1 unspecified atom stereocenters. The summed E-state index contributed by atoms with van der Waals surface area (Å²) in [6, 6.07) is 12.7. The van der Waals surface area contributed by atoms with Gasteiger partial charge >= 0.3 is 6.18 Å². The summed E-state index contributed by atoms with van der Waals surface area (Å²) in [6.07, 6.45) is -2.46. The number of carbonyl (C=O) groups excluding carboxylic acids is 1. The van der Waals surface area contributed by atoms with E-state index in [9.17, 15) is 18.0 Å². The van der Waals surface area contributed by atoms with E-state index >= 15 is 0 Å². The summed E-state index contributed by atoms with van der Waals surface area (Å²) < 4.78 is 38.8. The summed E-state index contributed by atoms with van der Waals surface area (Å²) in [7, 11) is 0. The average Bonchev–Trinajstić information content (AvgIpc) is 2.96. The summed E-state index contributed by atoms with van der Waals surface area (Å²) in [6.45, 7) is 0. The van der Waals surface area contributed by atoms with E-state index in [1.807, 2.05) is 30.5 Å². The second kappa shape index (κ2) is 6.72. The van der Waals surface area contributed by atoms with Gasteiger partial charge in [0.1, 0.15) is 5.37 Å². The highest BCUT2D eigenvalue weighted by Crippen LogP contribution is 2.43. The third-order valence-corrected chi connectivity index (χ3v) is 5.68. The van der Waals surface area contributed by atoms with E-state index in [-0.39, 0.29) is 22.7 Å². The van der Waals surface area contributed by atoms with Crippen LogP contribution >= 0.6 is 23.5 Å². The molecule has 1 saturated heterocycles. The molecule has 1 aliphatic rings. The maximum Gasteiger partial charge on any atom is 0.416 e. The fourth-order valence-electron chi connectivity index (χ4n) is 2.55. The largest absolute Gasteiger partial charge is 0.416 e. The predicted octanol–water partition coefficient (Wildman–Crippen LogP) is 5.21. The smallest absolute Gasteiger partial charge is 0.295 e. The Hall–Kier alpha value is -1.60. The summed E-state index contributed by atoms with van der Waals surface area (Å²) in [5.41, 5.74) is 0.431. The number of rotatable bonds is 3. The number of nitrogens with zero attached hydrogens (tertiary/aromatic N) is 1. The number of amides is 1. The lowest BCUT2D eigenvalue weighted by Crippen LogP contribution is -2.28. The van der Waals surface area contributed by atoms with Gasteiger partial charge in [0.2, 0.25) is 5.91 Å². The summed E-state index contributed by atoms with van der Waals surface area (Å²) in [5.74, 6) is 0.0730. The Labute approximate surface area is 146 Å². The Morgan fingerprint density at radius 2 is 1.88 bits per heavy atom. The fourth-order valence-corrected chi connectivity index (χ4v) is 4.14. The highest BCUT2D eigenvalue weighted by Gasteiger charge is 2.36. The van der Waals surface area contributed by atoms with Gasteiger partial charge in [-0.15, -0.1) is 23.5 Å². The number of carbonyl (C=O) groups is 1. The normalized spacial score (nSPS) is 18.2. The molecular formula is C17H14F3NOS2. The van der Waals surface area contributed by atoms with Crippen molar-refractivity contribution >= 4 is 35.1 Å². The van der Waals surface area contributed by atoms with Crippen LogP contribution in [0, 0.1) is 0 Å². The molecule has 7 heteroatoms. The van der Waals surface area contributed by atoms with Crippen LogP contribution in [0.15, 0.2) is 53.4 Å². The first-order chi connectivity index (χ1) is 11.4. The van der Waals surface area contributed by atoms with Crippen molar-refractivity contribution in [1.29, 1.82) is 0 Å². The number of alkyl halides is 3. The number of hydrogen-bond acceptors (Lipinski definition) is 3. The van der Waals surface area contributed by atoms with Crippen molar-refractivity contribution in [3.05, 3.63) is 59.7 Å². The molecule has 2 aromatic carbocycles. The molecule has 2 nitrogen and oxygen atoms in total. The summed E-state index contributed by atoms with van der Waals surface area (Å²) >= 11 is 3.03. The van der Waals surface area contributed by atoms with E-state index < -0.39 is 11.7 Å². The molecular weight excluding hydrogens is 355 g/mol. The van der Waals surface area contributed by atoms with Crippen LogP contribution in [0.4, 0.5) is 18.9 Å². The third kappa shape index (κ3) is 3.42. The molecule has 0 spiro atoms. The Morgan fingerprint density at radius 1 is 1.17 bits per heavy atom. The molecule has 0 aromatic heterocycles. The fraction of sp³-hybridized carbons (Fsp3) is 0.235. The SMILES string of the molecule is CSc1ccc(C2SCC(=O)N2c2cccc(C(F)(F)F)c2)cc1. The van der Waals surface area contributed by atoms with Gasteiger partial charge in [-0.3, -0.25) is 9.69 Å². The van der Waals surface area contributed by atoms with Crippen LogP contribution in [0.25, 0.3) is 0 Å². The average molecular weight is 369 g/mol. The molecule has 24 heavy (non-hydrogen) atoms. The van der Waals surface area contributed by atoms with Crippen LogP contribution in [0.5, 0.6) is 0 Å². The van der Waals surface area contributed by atoms with Gasteiger partial charge in [0.15, 0.2) is 0 Å². The lowest BCUT2D eigenvalue weighted by atomic mass is 10.1. The number of thioether (sulfide) groups is 2. The van der Waals surface area contributed by atoms with Crippen molar-refractivity contribution in [3.63, 3.8) is 0 Å². The monoisotopic (exact) mass is 369 g/mol. The van der Waals surface area contributed by atoms with Gasteiger partial charge < -0.3 is 0 Å². The summed E-state index contributed by atoms with van der Waals surface area (Å²) in [4.78, 5) is 14.8. The molecule has 0 saturated carbocycles. The van der Waals surface area contributed by atoms with Gasteiger partial charge in [-0.2, -0.15) is 13.2 Å². The zero-order chi connectivity index (χ0) is 17.3. The van der Waals surface area contributed by atoms with Crippen molar-refractivity contribution in [3.8, 4) is 0 Å². The van der Waals surface area contributed by atoms with Crippen LogP contribution in [0.2, 0.25) is 0 Å². The predicted molar refractivity (Wildman–Crippen MR) is 92.4 cm³/mol. The summed E-state index contributed by atoms with van der Waals surface area (Å²) in [5, 5.41) is -0.308. The van der Waals surface area contributed by atoms with E-state index in [0.717, 1.165) is 22.6 Å². The minimum Gasteiger partial charge on any atom is -0.295 e. The third-order valence-electron chi connectivity index (χ3n) is 3.72. The maximum absolute atomic E-state index is 12.9. The van der Waals surface area contributed by atoms with Crippen LogP contribution in [0.3, 0.4) is 0 Å². The van der Waals surface area contributed by atoms with E-state index in [1.54, 1.807) is 17.8 Å². The van der Waals surface area contributed by atoms with Gasteiger partial charge in [0, 0.05) is 10.6 Å². The Kier molecular flexibility index (Phi) is 4.83.